The zero-order chi connectivity index (χ0) is 15.3. The molecule has 0 saturated heterocycles. The van der Waals surface area contributed by atoms with Gasteiger partial charge in [0.2, 0.25) is 0 Å². The molecule has 20 heavy (non-hydrogen) atoms. The lowest BCUT2D eigenvalue weighted by Crippen LogP contribution is -2.20. The highest BCUT2D eigenvalue weighted by Gasteiger charge is 2.25. The fourth-order valence-corrected chi connectivity index (χ4v) is 2.23. The first-order chi connectivity index (χ1) is 9.38. The Balaban J connectivity index is 2.82. The maximum absolute atomic E-state index is 12.6. The molecular formula is C15H27N3O2. The summed E-state index contributed by atoms with van der Waals surface area (Å²) in [5.41, 5.74) is 6.32. The van der Waals surface area contributed by atoms with Crippen molar-refractivity contribution in [1.29, 1.82) is 0 Å². The van der Waals surface area contributed by atoms with Crippen LogP contribution >= 0.6 is 0 Å². The fourth-order valence-electron chi connectivity index (χ4n) is 2.23. The third-order valence-corrected chi connectivity index (χ3v) is 3.45. The van der Waals surface area contributed by atoms with Crippen LogP contribution in [0.1, 0.15) is 63.5 Å². The highest BCUT2D eigenvalue weighted by Crippen LogP contribution is 2.25. The monoisotopic (exact) mass is 281 g/mol. The van der Waals surface area contributed by atoms with Crippen LogP contribution in [-0.2, 0) is 0 Å². The van der Waals surface area contributed by atoms with E-state index in [2.05, 4.69) is 5.10 Å². The van der Waals surface area contributed by atoms with Crippen molar-refractivity contribution in [2.45, 2.75) is 59.0 Å². The van der Waals surface area contributed by atoms with E-state index in [1.165, 1.54) is 0 Å². The van der Waals surface area contributed by atoms with Gasteiger partial charge in [-0.15, -0.1) is 0 Å². The minimum atomic E-state index is -0.0446. The molecule has 0 amide bonds. The van der Waals surface area contributed by atoms with Gasteiger partial charge >= 0.3 is 0 Å². The van der Waals surface area contributed by atoms with Gasteiger partial charge in [0.1, 0.15) is 5.69 Å². The lowest BCUT2D eigenvalue weighted by molar-refractivity contribution is 0.0905. The van der Waals surface area contributed by atoms with Gasteiger partial charge in [-0.2, -0.15) is 5.10 Å². The third-order valence-electron chi connectivity index (χ3n) is 3.45. The predicted molar refractivity (Wildman–Crippen MR) is 80.2 cm³/mol. The molecule has 1 aromatic heterocycles. The van der Waals surface area contributed by atoms with Crippen molar-refractivity contribution >= 4 is 5.78 Å². The molecule has 2 atom stereocenters. The summed E-state index contributed by atoms with van der Waals surface area (Å²) < 4.78 is 7.01. The summed E-state index contributed by atoms with van der Waals surface area (Å²) in [5, 5.41) is 4.25. The van der Waals surface area contributed by atoms with E-state index >= 15 is 0 Å². The number of hydrogen-bond acceptors (Lipinski definition) is 4. The van der Waals surface area contributed by atoms with Crippen molar-refractivity contribution in [2.75, 3.05) is 7.11 Å². The van der Waals surface area contributed by atoms with Crippen molar-refractivity contribution in [3.8, 4) is 5.75 Å². The van der Waals surface area contributed by atoms with Gasteiger partial charge in [-0.1, -0.05) is 13.3 Å². The molecule has 2 N–H and O–H groups in total. The van der Waals surface area contributed by atoms with Gasteiger partial charge in [0.25, 0.3) is 0 Å². The van der Waals surface area contributed by atoms with Gasteiger partial charge in [-0.3, -0.25) is 9.48 Å². The van der Waals surface area contributed by atoms with Crippen LogP contribution in [0.25, 0.3) is 0 Å². The zero-order valence-electron chi connectivity index (χ0n) is 13.2. The first kappa shape index (κ1) is 16.7. The Morgan fingerprint density at radius 3 is 2.50 bits per heavy atom. The number of ether oxygens (including phenoxy) is 1. The zero-order valence-corrected chi connectivity index (χ0v) is 13.2. The topological polar surface area (TPSA) is 70.1 Å². The van der Waals surface area contributed by atoms with Crippen LogP contribution in [0, 0.1) is 5.92 Å². The lowest BCUT2D eigenvalue weighted by atomic mass is 9.96. The fraction of sp³-hybridized carbons (Fsp3) is 0.733. The molecule has 0 aliphatic rings. The molecule has 0 aliphatic carbocycles. The Morgan fingerprint density at radius 2 is 2.00 bits per heavy atom. The molecule has 0 saturated carbocycles. The average Bonchev–Trinajstić information content (AvgIpc) is 2.80. The Bertz CT molecular complexity index is 438. The summed E-state index contributed by atoms with van der Waals surface area (Å²) in [6.07, 6.45) is 4.36. The average molecular weight is 281 g/mol. The first-order valence-electron chi connectivity index (χ1n) is 7.29. The highest BCUT2D eigenvalue weighted by molar-refractivity contribution is 5.98. The summed E-state index contributed by atoms with van der Waals surface area (Å²) >= 11 is 0. The number of methoxy groups -OCH3 is 1. The van der Waals surface area contributed by atoms with Crippen LogP contribution in [0.4, 0.5) is 0 Å². The number of rotatable bonds is 8. The van der Waals surface area contributed by atoms with Crippen LogP contribution < -0.4 is 10.5 Å². The molecule has 0 aliphatic heterocycles. The van der Waals surface area contributed by atoms with Crippen LogP contribution in [-0.4, -0.2) is 28.7 Å². The Morgan fingerprint density at radius 1 is 1.35 bits per heavy atom. The van der Waals surface area contributed by atoms with Crippen molar-refractivity contribution in [2.24, 2.45) is 11.7 Å². The van der Waals surface area contributed by atoms with Gasteiger partial charge in [-0.05, 0) is 33.6 Å². The van der Waals surface area contributed by atoms with Gasteiger partial charge < -0.3 is 10.5 Å². The van der Waals surface area contributed by atoms with E-state index in [0.717, 1.165) is 19.3 Å². The number of nitrogens with zero attached hydrogens (tertiary/aromatic N) is 2. The van der Waals surface area contributed by atoms with E-state index < -0.39 is 0 Å². The van der Waals surface area contributed by atoms with E-state index in [-0.39, 0.29) is 23.8 Å². The van der Waals surface area contributed by atoms with Crippen molar-refractivity contribution in [3.63, 3.8) is 0 Å². The largest absolute Gasteiger partial charge is 0.493 e. The van der Waals surface area contributed by atoms with Crippen LogP contribution in [0.2, 0.25) is 0 Å². The molecule has 2 unspecified atom stereocenters. The second kappa shape index (κ2) is 7.43. The standard InChI is InChI=1S/C15H27N3O2/c1-10(2)18-14(13(20-5)9-17-18)15(19)11(3)7-6-8-12(4)16/h9-12H,6-8,16H2,1-5H3. The predicted octanol–water partition coefficient (Wildman–Crippen LogP) is 2.81. The molecule has 0 radical (unpaired) electrons. The highest BCUT2D eigenvalue weighted by atomic mass is 16.5. The minimum absolute atomic E-state index is 0.0446. The maximum atomic E-state index is 12.6. The van der Waals surface area contributed by atoms with E-state index in [1.54, 1.807) is 18.0 Å². The van der Waals surface area contributed by atoms with Crippen LogP contribution in [0.5, 0.6) is 5.75 Å². The SMILES string of the molecule is COc1cnn(C(C)C)c1C(=O)C(C)CCCC(C)N. The van der Waals surface area contributed by atoms with Gasteiger partial charge in [0.15, 0.2) is 11.5 Å². The minimum Gasteiger partial charge on any atom is -0.493 e. The Labute approximate surface area is 121 Å². The van der Waals surface area contributed by atoms with E-state index in [0.29, 0.717) is 11.4 Å². The van der Waals surface area contributed by atoms with Gasteiger partial charge in [0, 0.05) is 18.0 Å². The molecule has 5 nitrogen and oxygen atoms in total. The van der Waals surface area contributed by atoms with Crippen molar-refractivity contribution < 1.29 is 9.53 Å². The van der Waals surface area contributed by atoms with Gasteiger partial charge in [-0.25, -0.2) is 0 Å². The summed E-state index contributed by atoms with van der Waals surface area (Å²) in [6, 6.07) is 0.321. The summed E-state index contributed by atoms with van der Waals surface area (Å²) in [5.74, 6) is 0.609. The van der Waals surface area contributed by atoms with E-state index in [1.807, 2.05) is 27.7 Å². The number of ketones is 1. The smallest absolute Gasteiger partial charge is 0.187 e. The van der Waals surface area contributed by atoms with Crippen LogP contribution in [0.15, 0.2) is 6.20 Å². The number of aromatic nitrogens is 2. The third kappa shape index (κ3) is 4.07. The number of nitrogens with two attached hydrogens (primary N) is 1. The normalized spacial score (nSPS) is 14.3. The molecule has 0 spiro atoms. The first-order valence-corrected chi connectivity index (χ1v) is 7.29. The molecule has 1 aromatic rings. The molecule has 1 heterocycles. The molecule has 5 heteroatoms. The van der Waals surface area contributed by atoms with E-state index in [4.69, 9.17) is 10.5 Å². The molecule has 0 fully saturated rings. The number of hydrogen-bond donors (Lipinski definition) is 1. The molecule has 0 aromatic carbocycles. The molecular weight excluding hydrogens is 254 g/mol. The summed E-state index contributed by atoms with van der Waals surface area (Å²) in [7, 11) is 1.57. The van der Waals surface area contributed by atoms with Crippen LogP contribution in [0.3, 0.4) is 0 Å². The number of Topliss-reactive ketones (excluding diaryl/α,β-unsaturated/α-hetero) is 1. The van der Waals surface area contributed by atoms with Crippen molar-refractivity contribution in [1.82, 2.24) is 9.78 Å². The Kier molecular flexibility index (Phi) is 6.20. The molecule has 114 valence electrons. The molecule has 0 bridgehead atoms. The van der Waals surface area contributed by atoms with E-state index in [9.17, 15) is 4.79 Å². The van der Waals surface area contributed by atoms with Crippen molar-refractivity contribution in [3.05, 3.63) is 11.9 Å². The van der Waals surface area contributed by atoms with Gasteiger partial charge in [0.05, 0.1) is 13.3 Å². The number of carbonyl (C=O) groups excluding carboxylic acids is 1. The quantitative estimate of drug-likeness (QED) is 0.744. The molecule has 1 rings (SSSR count). The second-order valence-electron chi connectivity index (χ2n) is 5.77. The summed E-state index contributed by atoms with van der Waals surface area (Å²) in [6.45, 7) is 7.96. The summed E-state index contributed by atoms with van der Waals surface area (Å²) in [4.78, 5) is 12.6. The second-order valence-corrected chi connectivity index (χ2v) is 5.77. The maximum Gasteiger partial charge on any atom is 0.187 e. The number of carbonyl (C=O) groups is 1. The lowest BCUT2D eigenvalue weighted by Gasteiger charge is -2.15. The Hall–Kier alpha value is -1.36.